The van der Waals surface area contributed by atoms with E-state index < -0.39 is 0 Å². The van der Waals surface area contributed by atoms with Crippen LogP contribution in [-0.2, 0) is 0 Å². The van der Waals surface area contributed by atoms with E-state index in [9.17, 15) is 0 Å². The highest BCUT2D eigenvalue weighted by atomic mass is 15.0. The van der Waals surface area contributed by atoms with Crippen molar-refractivity contribution in [2.24, 2.45) is 21.8 Å². The first-order chi connectivity index (χ1) is 38.8. The Labute approximate surface area is 467 Å². The van der Waals surface area contributed by atoms with Gasteiger partial charge in [0.2, 0.25) is 0 Å². The van der Waals surface area contributed by atoms with Gasteiger partial charge in [-0.1, -0.05) is 243 Å². The van der Waals surface area contributed by atoms with E-state index in [0.29, 0.717) is 11.8 Å². The third kappa shape index (κ3) is 10.4. The van der Waals surface area contributed by atoms with E-state index in [4.69, 9.17) is 9.98 Å². The summed E-state index contributed by atoms with van der Waals surface area (Å²) in [7, 11) is 0. The van der Waals surface area contributed by atoms with Crippen LogP contribution < -0.4 is 0 Å². The second-order valence-corrected chi connectivity index (χ2v) is 21.8. The number of allylic oxidation sites excluding steroid dienone is 17. The van der Waals surface area contributed by atoms with Gasteiger partial charge in [-0.05, 0) is 149 Å². The number of rotatable bonds is 13. The lowest BCUT2D eigenvalue weighted by atomic mass is 9.73. The minimum Gasteiger partial charge on any atom is -0.332 e. The smallest absolute Gasteiger partial charge is 0.159 e. The average molecular weight is 1020 g/mol. The van der Waals surface area contributed by atoms with Crippen molar-refractivity contribution >= 4 is 45.0 Å². The van der Waals surface area contributed by atoms with Crippen LogP contribution in [0.15, 0.2) is 292 Å². The van der Waals surface area contributed by atoms with Gasteiger partial charge in [0.25, 0.3) is 0 Å². The zero-order valence-electron chi connectivity index (χ0n) is 46.0. The molecule has 7 aromatic carbocycles. The highest BCUT2D eigenvalue weighted by molar-refractivity contribution is 6.15. The van der Waals surface area contributed by atoms with Gasteiger partial charge in [-0.15, -0.1) is 0 Å². The molecular weight excluding hydrogens is 955 g/mol. The molecule has 3 atom stereocenters. The Kier molecular flexibility index (Phi) is 14.5. The molecule has 0 radical (unpaired) electrons. The molecule has 79 heavy (non-hydrogen) atoms. The average Bonchev–Trinajstić information content (AvgIpc) is 4.23. The Hall–Kier alpha value is -8.92. The summed E-state index contributed by atoms with van der Waals surface area (Å²) in [6.07, 6.45) is 32.0. The van der Waals surface area contributed by atoms with E-state index in [1.807, 2.05) is 6.21 Å². The topological polar surface area (TPSA) is 29.6 Å². The van der Waals surface area contributed by atoms with Crippen molar-refractivity contribution in [1.29, 1.82) is 0 Å². The molecule has 0 saturated heterocycles. The van der Waals surface area contributed by atoms with Crippen molar-refractivity contribution in [3.8, 4) is 33.4 Å². The summed E-state index contributed by atoms with van der Waals surface area (Å²) >= 11 is 0. The van der Waals surface area contributed by atoms with E-state index in [2.05, 4.69) is 288 Å². The monoisotopic (exact) mass is 1020 g/mol. The quantitative estimate of drug-likeness (QED) is 0.0626. The number of aromatic nitrogens is 1. The maximum Gasteiger partial charge on any atom is 0.159 e. The van der Waals surface area contributed by atoms with Crippen LogP contribution in [0.3, 0.4) is 0 Å². The number of amidine groups is 1. The molecule has 1 heterocycles. The van der Waals surface area contributed by atoms with Crippen molar-refractivity contribution < 1.29 is 0 Å². The predicted molar refractivity (Wildman–Crippen MR) is 338 cm³/mol. The van der Waals surface area contributed by atoms with Crippen LogP contribution in [0.4, 0.5) is 0 Å². The summed E-state index contributed by atoms with van der Waals surface area (Å²) in [5.74, 6) is 1.23. The minimum atomic E-state index is -0.185. The molecule has 8 aromatic rings. The zero-order valence-corrected chi connectivity index (χ0v) is 46.0. The molecule has 386 valence electrons. The van der Waals surface area contributed by atoms with Crippen LogP contribution in [0, 0.1) is 11.8 Å². The van der Waals surface area contributed by atoms with E-state index in [-0.39, 0.29) is 12.0 Å². The van der Waals surface area contributed by atoms with Gasteiger partial charge in [0.1, 0.15) is 0 Å². The first-order valence-electron chi connectivity index (χ1n) is 28.3. The largest absolute Gasteiger partial charge is 0.332 e. The highest BCUT2D eigenvalue weighted by Gasteiger charge is 2.38. The molecule has 0 saturated carbocycles. The molecule has 0 bridgehead atoms. The summed E-state index contributed by atoms with van der Waals surface area (Å²) in [5.41, 5.74) is 23.0. The first-order valence-corrected chi connectivity index (χ1v) is 28.3. The van der Waals surface area contributed by atoms with Gasteiger partial charge >= 0.3 is 0 Å². The first kappa shape index (κ1) is 50.9. The fourth-order valence-electron chi connectivity index (χ4n) is 12.0. The molecule has 0 amide bonds. The van der Waals surface area contributed by atoms with Gasteiger partial charge in [-0.2, -0.15) is 0 Å². The van der Waals surface area contributed by atoms with Gasteiger partial charge in [-0.3, -0.25) is 0 Å². The van der Waals surface area contributed by atoms with Crippen LogP contribution in [0.2, 0.25) is 0 Å². The third-order valence-electron chi connectivity index (χ3n) is 16.1. The van der Waals surface area contributed by atoms with Gasteiger partial charge < -0.3 is 4.57 Å². The van der Waals surface area contributed by atoms with Gasteiger partial charge in [0.05, 0.1) is 22.8 Å². The normalized spacial score (nSPS) is 18.8. The van der Waals surface area contributed by atoms with Crippen molar-refractivity contribution in [2.45, 2.75) is 65.8 Å². The van der Waals surface area contributed by atoms with Crippen molar-refractivity contribution in [3.05, 3.63) is 299 Å². The van der Waals surface area contributed by atoms with Gasteiger partial charge in [0, 0.05) is 34.4 Å². The van der Waals surface area contributed by atoms with Crippen LogP contribution in [-0.4, -0.2) is 16.6 Å². The molecule has 3 unspecified atom stereocenters. The maximum atomic E-state index is 5.61. The second kappa shape index (κ2) is 22.6. The molecule has 0 aliphatic heterocycles. The number of nitrogens with zero attached hydrogens (tertiary/aromatic N) is 3. The van der Waals surface area contributed by atoms with Gasteiger partial charge in [0.15, 0.2) is 5.84 Å². The summed E-state index contributed by atoms with van der Waals surface area (Å²) in [6, 6.07) is 65.3. The number of hydrogen-bond acceptors (Lipinski definition) is 1. The molecule has 3 heteroatoms. The van der Waals surface area contributed by atoms with Crippen LogP contribution >= 0.6 is 0 Å². The Morgan fingerprint density at radius 3 is 1.76 bits per heavy atom. The molecule has 1 aromatic heterocycles. The maximum absolute atomic E-state index is 5.61. The van der Waals surface area contributed by atoms with Crippen LogP contribution in [0.25, 0.3) is 66.3 Å². The Bertz CT molecular complexity index is 3990. The SMILES string of the molecule is C/C=C\C=C(\C=NC(=NC(/C=C1\CC=C(c2ccccc2)C(n2c3cc(C4=CC=CC5=CC54)c(-c4ccccc4)cc3c3cc(-c4ccccc4)c(-c4ccccc4)cc32)C1c1ccccc1)=C(C)C)C1=CCCC=C1)C(C)C. The van der Waals surface area contributed by atoms with Crippen molar-refractivity contribution in [1.82, 2.24) is 4.57 Å². The Morgan fingerprint density at radius 2 is 1.19 bits per heavy atom. The van der Waals surface area contributed by atoms with Crippen molar-refractivity contribution in [3.63, 3.8) is 0 Å². The van der Waals surface area contributed by atoms with E-state index in [0.717, 1.165) is 47.5 Å². The zero-order chi connectivity index (χ0) is 53.8. The minimum absolute atomic E-state index is 0.0958. The Balaban J connectivity index is 1.17. The fraction of sp³-hybridized carbons (Fsp3) is 0.158. The predicted octanol–water partition coefficient (Wildman–Crippen LogP) is 20.2. The molecule has 12 rings (SSSR count). The molecule has 0 fully saturated rings. The molecule has 3 nitrogen and oxygen atoms in total. The summed E-state index contributed by atoms with van der Waals surface area (Å²) in [6.45, 7) is 10.9. The molecular formula is C76H67N3. The van der Waals surface area contributed by atoms with Crippen molar-refractivity contribution in [2.75, 3.05) is 0 Å². The molecule has 0 N–H and O–H groups in total. The third-order valence-corrected chi connectivity index (χ3v) is 16.1. The summed E-state index contributed by atoms with van der Waals surface area (Å²) in [4.78, 5) is 10.9. The second-order valence-electron chi connectivity index (χ2n) is 21.8. The summed E-state index contributed by atoms with van der Waals surface area (Å²) < 4.78 is 2.75. The fourth-order valence-corrected chi connectivity index (χ4v) is 12.0. The molecule has 4 aliphatic carbocycles. The molecule has 4 aliphatic rings. The lowest BCUT2D eigenvalue weighted by Gasteiger charge is -2.38. The van der Waals surface area contributed by atoms with Crippen LogP contribution in [0.1, 0.15) is 82.5 Å². The lowest BCUT2D eigenvalue weighted by molar-refractivity contribution is 0.555. The number of hydrogen-bond donors (Lipinski definition) is 0. The van der Waals surface area contributed by atoms with Crippen LogP contribution in [0.5, 0.6) is 0 Å². The van der Waals surface area contributed by atoms with Gasteiger partial charge in [-0.25, -0.2) is 9.98 Å². The number of fused-ring (bicyclic) bond motifs is 4. The van der Waals surface area contributed by atoms with E-state index >= 15 is 0 Å². The number of benzene rings is 7. The lowest BCUT2D eigenvalue weighted by Crippen LogP contribution is -2.24. The molecule has 0 spiro atoms. The van der Waals surface area contributed by atoms with E-state index in [1.165, 1.54) is 94.2 Å². The standard InChI is InChI=1S/C76H67N3/c1-6-7-27-61(51(2)3)50-77-76(58-38-24-13-25-39-58)78-71(52(4)5)45-60-42-43-62(53-28-14-8-15-29-53)75(74(60)57-36-22-12-23-37-57)79-72-48-67(56-34-20-11-21-35-56)65(54-30-16-9-17-31-54)46-69(72)70-47-66(55-32-18-10-19-33-55)68(49-73(70)79)63-41-26-40-59-44-64(59)63/h6-12,14-24,26-41,43-51,64,74-75H,13,25,42H2,1-5H3/b7-6-,60-45+,61-27-,77-50?,78-76?. The summed E-state index contributed by atoms with van der Waals surface area (Å²) in [5, 5.41) is 2.46. The Morgan fingerprint density at radius 1 is 0.620 bits per heavy atom. The highest BCUT2D eigenvalue weighted by Crippen LogP contribution is 2.54. The number of aliphatic imine (C=N–C) groups is 2. The van der Waals surface area contributed by atoms with E-state index in [1.54, 1.807) is 0 Å².